The van der Waals surface area contributed by atoms with Crippen LogP contribution in [0.3, 0.4) is 0 Å². The maximum Gasteiger partial charge on any atom is 0.227 e. The van der Waals surface area contributed by atoms with Gasteiger partial charge in [-0.2, -0.15) is 0 Å². The fourth-order valence-electron chi connectivity index (χ4n) is 2.06. The summed E-state index contributed by atoms with van der Waals surface area (Å²) in [6.07, 6.45) is 1.97. The minimum Gasteiger partial charge on any atom is -0.326 e. The molecule has 104 valence electrons. The van der Waals surface area contributed by atoms with Gasteiger partial charge in [0.25, 0.3) is 0 Å². The van der Waals surface area contributed by atoms with Gasteiger partial charge in [-0.05, 0) is 37.5 Å². The molecule has 2 N–H and O–H groups in total. The summed E-state index contributed by atoms with van der Waals surface area (Å²) < 4.78 is 0.958. The summed E-state index contributed by atoms with van der Waals surface area (Å²) >= 11 is 1.41. The number of thiazole rings is 1. The van der Waals surface area contributed by atoms with Gasteiger partial charge in [0.1, 0.15) is 0 Å². The first-order valence-corrected chi connectivity index (χ1v) is 7.34. The van der Waals surface area contributed by atoms with Crippen molar-refractivity contribution in [2.45, 2.75) is 26.7 Å². The highest BCUT2D eigenvalue weighted by Crippen LogP contribution is 2.33. The van der Waals surface area contributed by atoms with Crippen molar-refractivity contribution in [3.63, 3.8) is 0 Å². The number of carbonyl (C=O) groups is 2. The van der Waals surface area contributed by atoms with E-state index >= 15 is 0 Å². The smallest absolute Gasteiger partial charge is 0.227 e. The Balaban J connectivity index is 1.91. The van der Waals surface area contributed by atoms with Gasteiger partial charge in [-0.3, -0.25) is 9.59 Å². The largest absolute Gasteiger partial charge is 0.326 e. The fraction of sp³-hybridized carbons (Fsp3) is 0.357. The highest BCUT2D eigenvalue weighted by Gasteiger charge is 2.29. The van der Waals surface area contributed by atoms with Gasteiger partial charge in [0.15, 0.2) is 5.13 Å². The molecule has 2 amide bonds. The van der Waals surface area contributed by atoms with Crippen molar-refractivity contribution in [2.75, 3.05) is 10.6 Å². The summed E-state index contributed by atoms with van der Waals surface area (Å²) in [7, 11) is 0. The topological polar surface area (TPSA) is 71.1 Å². The maximum absolute atomic E-state index is 11.8. The Bertz CT molecular complexity index is 704. The number of aryl methyl sites for hydroxylation is 1. The highest BCUT2D eigenvalue weighted by atomic mass is 32.1. The van der Waals surface area contributed by atoms with E-state index in [0.717, 1.165) is 34.3 Å². The quantitative estimate of drug-likeness (QED) is 0.912. The number of hydrogen-bond acceptors (Lipinski definition) is 4. The Morgan fingerprint density at radius 2 is 2.05 bits per heavy atom. The molecule has 0 unspecified atom stereocenters. The molecule has 2 aromatic rings. The molecule has 0 spiro atoms. The average molecular weight is 289 g/mol. The summed E-state index contributed by atoms with van der Waals surface area (Å²) in [5.41, 5.74) is 2.65. The molecule has 1 aliphatic carbocycles. The van der Waals surface area contributed by atoms with Crippen LogP contribution in [0.15, 0.2) is 12.1 Å². The molecule has 6 heteroatoms. The Hall–Kier alpha value is -1.95. The molecule has 1 heterocycles. The number of aromatic nitrogens is 1. The van der Waals surface area contributed by atoms with E-state index in [0.29, 0.717) is 5.13 Å². The third kappa shape index (κ3) is 2.65. The first-order valence-electron chi connectivity index (χ1n) is 6.52. The summed E-state index contributed by atoms with van der Waals surface area (Å²) in [4.78, 5) is 27.3. The van der Waals surface area contributed by atoms with Crippen molar-refractivity contribution in [1.82, 2.24) is 4.98 Å². The predicted octanol–water partition coefficient (Wildman–Crippen LogP) is 2.91. The lowest BCUT2D eigenvalue weighted by Crippen LogP contribution is -2.13. The zero-order valence-corrected chi connectivity index (χ0v) is 12.1. The van der Waals surface area contributed by atoms with E-state index in [1.165, 1.54) is 18.3 Å². The molecule has 1 aromatic carbocycles. The van der Waals surface area contributed by atoms with Crippen LogP contribution in [0.2, 0.25) is 0 Å². The SMILES string of the molecule is CC(=O)Nc1nc2c(C)cc(NC(=O)C3CC3)cc2s1. The fourth-order valence-corrected chi connectivity index (χ4v) is 3.09. The highest BCUT2D eigenvalue weighted by molar-refractivity contribution is 7.22. The van der Waals surface area contributed by atoms with E-state index in [1.54, 1.807) is 0 Å². The minimum absolute atomic E-state index is 0.0929. The van der Waals surface area contributed by atoms with Gasteiger partial charge in [-0.25, -0.2) is 4.98 Å². The van der Waals surface area contributed by atoms with Gasteiger partial charge in [0, 0.05) is 18.5 Å². The number of rotatable bonds is 3. The normalized spacial score (nSPS) is 14.3. The minimum atomic E-state index is -0.135. The zero-order valence-electron chi connectivity index (χ0n) is 11.3. The van der Waals surface area contributed by atoms with Crippen LogP contribution in [0.5, 0.6) is 0 Å². The van der Waals surface area contributed by atoms with Crippen LogP contribution in [0, 0.1) is 12.8 Å². The van der Waals surface area contributed by atoms with E-state index in [2.05, 4.69) is 15.6 Å². The van der Waals surface area contributed by atoms with Crippen LogP contribution in [-0.2, 0) is 9.59 Å². The second-order valence-corrected chi connectivity index (χ2v) is 6.13. The van der Waals surface area contributed by atoms with E-state index in [9.17, 15) is 9.59 Å². The maximum atomic E-state index is 11.8. The van der Waals surface area contributed by atoms with E-state index in [1.807, 2.05) is 19.1 Å². The summed E-state index contributed by atoms with van der Waals surface area (Å²) in [5, 5.41) is 6.22. The van der Waals surface area contributed by atoms with Crippen LogP contribution < -0.4 is 10.6 Å². The van der Waals surface area contributed by atoms with Crippen molar-refractivity contribution >= 4 is 44.2 Å². The molecule has 20 heavy (non-hydrogen) atoms. The van der Waals surface area contributed by atoms with Crippen LogP contribution in [0.25, 0.3) is 10.2 Å². The Labute approximate surface area is 120 Å². The number of anilines is 2. The third-order valence-electron chi connectivity index (χ3n) is 3.18. The Morgan fingerprint density at radius 1 is 1.30 bits per heavy atom. The molecule has 0 atom stereocenters. The molecule has 0 radical (unpaired) electrons. The lowest BCUT2D eigenvalue weighted by Gasteiger charge is -2.05. The number of nitrogens with one attached hydrogen (secondary N) is 2. The second-order valence-electron chi connectivity index (χ2n) is 5.10. The van der Waals surface area contributed by atoms with Gasteiger partial charge < -0.3 is 10.6 Å². The number of amides is 2. The third-order valence-corrected chi connectivity index (χ3v) is 4.10. The van der Waals surface area contributed by atoms with Crippen LogP contribution in [0.1, 0.15) is 25.3 Å². The monoisotopic (exact) mass is 289 g/mol. The Morgan fingerprint density at radius 3 is 2.70 bits per heavy atom. The molecule has 5 nitrogen and oxygen atoms in total. The van der Waals surface area contributed by atoms with Crippen LogP contribution in [0.4, 0.5) is 10.8 Å². The lowest BCUT2D eigenvalue weighted by molar-refractivity contribution is -0.117. The van der Waals surface area contributed by atoms with E-state index < -0.39 is 0 Å². The molecule has 1 aromatic heterocycles. The van der Waals surface area contributed by atoms with Crippen molar-refractivity contribution < 1.29 is 9.59 Å². The summed E-state index contributed by atoms with van der Waals surface area (Å²) in [5.74, 6) is 0.140. The molecule has 1 aliphatic rings. The molecular formula is C14H15N3O2S. The predicted molar refractivity (Wildman–Crippen MR) is 80.0 cm³/mol. The van der Waals surface area contributed by atoms with Crippen LogP contribution in [-0.4, -0.2) is 16.8 Å². The van der Waals surface area contributed by atoms with Crippen molar-refractivity contribution in [2.24, 2.45) is 5.92 Å². The molecule has 0 aliphatic heterocycles. The van der Waals surface area contributed by atoms with Crippen LogP contribution >= 0.6 is 11.3 Å². The van der Waals surface area contributed by atoms with Gasteiger partial charge >= 0.3 is 0 Å². The number of nitrogens with zero attached hydrogens (tertiary/aromatic N) is 1. The van der Waals surface area contributed by atoms with Gasteiger partial charge in [0.05, 0.1) is 10.2 Å². The van der Waals surface area contributed by atoms with Gasteiger partial charge in [-0.1, -0.05) is 11.3 Å². The number of fused-ring (bicyclic) bond motifs is 1. The molecule has 3 rings (SSSR count). The van der Waals surface area contributed by atoms with Gasteiger partial charge in [-0.15, -0.1) is 0 Å². The molecule has 0 bridgehead atoms. The first kappa shape index (κ1) is 13.1. The standard InChI is InChI=1S/C14H15N3O2S/c1-7-5-10(16-13(19)9-3-4-9)6-11-12(7)17-14(20-11)15-8(2)18/h5-6,9H,3-4H2,1-2H3,(H,16,19)(H,15,17,18). The summed E-state index contributed by atoms with van der Waals surface area (Å²) in [6.45, 7) is 3.41. The zero-order chi connectivity index (χ0) is 14.3. The number of benzene rings is 1. The average Bonchev–Trinajstić information content (AvgIpc) is 3.11. The van der Waals surface area contributed by atoms with Crippen molar-refractivity contribution in [3.8, 4) is 0 Å². The van der Waals surface area contributed by atoms with Crippen molar-refractivity contribution in [3.05, 3.63) is 17.7 Å². The van der Waals surface area contributed by atoms with E-state index in [4.69, 9.17) is 0 Å². The molecule has 0 saturated heterocycles. The molecule has 1 saturated carbocycles. The second kappa shape index (κ2) is 4.86. The van der Waals surface area contributed by atoms with Gasteiger partial charge in [0.2, 0.25) is 11.8 Å². The molecule has 1 fully saturated rings. The first-order chi connectivity index (χ1) is 9.52. The van der Waals surface area contributed by atoms with E-state index in [-0.39, 0.29) is 17.7 Å². The number of carbonyl (C=O) groups excluding carboxylic acids is 2. The number of hydrogen-bond donors (Lipinski definition) is 2. The molecular weight excluding hydrogens is 274 g/mol. The lowest BCUT2D eigenvalue weighted by atomic mass is 10.2. The van der Waals surface area contributed by atoms with Crippen molar-refractivity contribution in [1.29, 1.82) is 0 Å². The summed E-state index contributed by atoms with van der Waals surface area (Å²) in [6, 6.07) is 3.82. The Kier molecular flexibility index (Phi) is 3.17.